The van der Waals surface area contributed by atoms with Crippen LogP contribution in [-0.2, 0) is 9.53 Å². The van der Waals surface area contributed by atoms with Crippen LogP contribution in [0.5, 0.6) is 0 Å². The van der Waals surface area contributed by atoms with E-state index in [-0.39, 0.29) is 5.91 Å². The molecule has 0 atom stereocenters. The summed E-state index contributed by atoms with van der Waals surface area (Å²) in [6.45, 7) is 2.92. The molecule has 17 heavy (non-hydrogen) atoms. The highest BCUT2D eigenvalue weighted by atomic mass is 16.5. The van der Waals surface area contributed by atoms with Crippen molar-refractivity contribution < 1.29 is 9.53 Å². The van der Waals surface area contributed by atoms with E-state index in [2.05, 4.69) is 5.32 Å². The highest BCUT2D eigenvalue weighted by Gasteiger charge is 2.20. The van der Waals surface area contributed by atoms with Gasteiger partial charge in [0.05, 0.1) is 6.61 Å². The minimum atomic E-state index is 0.146. The maximum atomic E-state index is 11.4. The minimum absolute atomic E-state index is 0.146. The predicted molar refractivity (Wildman–Crippen MR) is 68.7 cm³/mol. The Hall–Kier alpha value is -0.610. The van der Waals surface area contributed by atoms with Crippen LogP contribution in [0.2, 0.25) is 0 Å². The molecule has 0 bridgehead atoms. The molecule has 0 aliphatic heterocycles. The molecule has 1 rings (SSSR count). The maximum Gasteiger partial charge on any atom is 0.220 e. The lowest BCUT2D eigenvalue weighted by molar-refractivity contribution is -0.121. The number of nitrogens with two attached hydrogens (primary N) is 1. The van der Waals surface area contributed by atoms with Gasteiger partial charge >= 0.3 is 0 Å². The number of carbonyl (C=O) groups excluding carboxylic acids is 1. The first-order chi connectivity index (χ1) is 8.33. The van der Waals surface area contributed by atoms with Crippen LogP contribution in [0.3, 0.4) is 0 Å². The van der Waals surface area contributed by atoms with E-state index in [1.807, 2.05) is 0 Å². The number of hydrogen-bond donors (Lipinski definition) is 2. The maximum absolute atomic E-state index is 11.4. The summed E-state index contributed by atoms with van der Waals surface area (Å²) in [4.78, 5) is 11.4. The van der Waals surface area contributed by atoms with Gasteiger partial charge in [0.1, 0.15) is 0 Å². The Bertz CT molecular complexity index is 206. The number of hydrogen-bond acceptors (Lipinski definition) is 3. The molecule has 100 valence electrons. The molecule has 3 N–H and O–H groups in total. The van der Waals surface area contributed by atoms with E-state index in [4.69, 9.17) is 10.5 Å². The van der Waals surface area contributed by atoms with Crippen molar-refractivity contribution in [3.63, 3.8) is 0 Å². The highest BCUT2D eigenvalue weighted by Crippen LogP contribution is 2.28. The molecule has 0 unspecified atom stereocenters. The van der Waals surface area contributed by atoms with Gasteiger partial charge in [0.2, 0.25) is 5.91 Å². The van der Waals surface area contributed by atoms with Gasteiger partial charge in [-0.3, -0.25) is 4.79 Å². The first kappa shape index (κ1) is 14.5. The molecule has 1 aliphatic rings. The number of rotatable bonds is 11. The van der Waals surface area contributed by atoms with Crippen molar-refractivity contribution in [3.05, 3.63) is 0 Å². The lowest BCUT2D eigenvalue weighted by atomic mass is 10.1. The smallest absolute Gasteiger partial charge is 0.220 e. The van der Waals surface area contributed by atoms with Crippen molar-refractivity contribution >= 4 is 5.91 Å². The fourth-order valence-electron chi connectivity index (χ4n) is 1.67. The van der Waals surface area contributed by atoms with Crippen LogP contribution < -0.4 is 11.1 Å². The average Bonchev–Trinajstić information content (AvgIpc) is 3.12. The van der Waals surface area contributed by atoms with Gasteiger partial charge in [-0.25, -0.2) is 0 Å². The van der Waals surface area contributed by atoms with Crippen LogP contribution in [0.1, 0.15) is 44.9 Å². The second-order valence-corrected chi connectivity index (χ2v) is 4.82. The summed E-state index contributed by atoms with van der Waals surface area (Å²) in [5.74, 6) is 0.945. The molecule has 0 aromatic carbocycles. The molecule has 1 amide bonds. The van der Waals surface area contributed by atoms with E-state index in [1.54, 1.807) is 0 Å². The van der Waals surface area contributed by atoms with Gasteiger partial charge in [-0.15, -0.1) is 0 Å². The Morgan fingerprint density at radius 1 is 1.24 bits per heavy atom. The molecule has 0 aromatic rings. The number of nitrogens with one attached hydrogen (secondary N) is 1. The summed E-state index contributed by atoms with van der Waals surface area (Å²) < 4.78 is 5.44. The summed E-state index contributed by atoms with van der Waals surface area (Å²) in [6.07, 6.45) is 7.53. The van der Waals surface area contributed by atoms with Crippen molar-refractivity contribution in [1.29, 1.82) is 0 Å². The molecule has 0 aromatic heterocycles. The quantitative estimate of drug-likeness (QED) is 0.539. The van der Waals surface area contributed by atoms with Crippen molar-refractivity contribution in [1.82, 2.24) is 5.32 Å². The molecule has 1 fully saturated rings. The monoisotopic (exact) mass is 242 g/mol. The number of unbranched alkanes of at least 4 members (excludes halogenated alkanes) is 3. The minimum Gasteiger partial charge on any atom is -0.379 e. The molecule has 1 saturated carbocycles. The van der Waals surface area contributed by atoms with Crippen molar-refractivity contribution in [2.75, 3.05) is 26.3 Å². The summed E-state index contributed by atoms with van der Waals surface area (Å²) >= 11 is 0. The zero-order chi connectivity index (χ0) is 12.3. The fraction of sp³-hybridized carbons (Fsp3) is 0.923. The lowest BCUT2D eigenvalue weighted by Crippen LogP contribution is -2.27. The van der Waals surface area contributed by atoms with Crippen LogP contribution in [0.25, 0.3) is 0 Å². The second-order valence-electron chi connectivity index (χ2n) is 4.82. The zero-order valence-electron chi connectivity index (χ0n) is 10.7. The zero-order valence-corrected chi connectivity index (χ0v) is 10.7. The largest absolute Gasteiger partial charge is 0.379 e. The Morgan fingerprint density at radius 3 is 2.71 bits per heavy atom. The summed E-state index contributed by atoms with van der Waals surface area (Å²) in [6, 6.07) is 0. The standard InChI is InChI=1S/C13H26N2O2/c14-8-4-2-1-3-5-13(16)15-9-10-17-11-12-6-7-12/h12H,1-11,14H2,(H,15,16). The number of ether oxygens (including phenoxy) is 1. The molecule has 0 radical (unpaired) electrons. The Morgan fingerprint density at radius 2 is 2.00 bits per heavy atom. The van der Waals surface area contributed by atoms with Gasteiger partial charge in [-0.2, -0.15) is 0 Å². The predicted octanol–water partition coefficient (Wildman–Crippen LogP) is 1.44. The van der Waals surface area contributed by atoms with Crippen LogP contribution >= 0.6 is 0 Å². The summed E-state index contributed by atoms with van der Waals surface area (Å²) in [5, 5.41) is 2.88. The molecule has 4 heteroatoms. The lowest BCUT2D eigenvalue weighted by Gasteiger charge is -2.06. The fourth-order valence-corrected chi connectivity index (χ4v) is 1.67. The molecule has 4 nitrogen and oxygen atoms in total. The van der Waals surface area contributed by atoms with Crippen LogP contribution in [-0.4, -0.2) is 32.2 Å². The third-order valence-corrected chi connectivity index (χ3v) is 2.98. The van der Waals surface area contributed by atoms with Gasteiger partial charge in [-0.1, -0.05) is 12.8 Å². The molecule has 1 aliphatic carbocycles. The van der Waals surface area contributed by atoms with E-state index >= 15 is 0 Å². The third kappa shape index (κ3) is 9.12. The van der Waals surface area contributed by atoms with E-state index < -0.39 is 0 Å². The van der Waals surface area contributed by atoms with Gasteiger partial charge < -0.3 is 15.8 Å². The van der Waals surface area contributed by atoms with Gasteiger partial charge in [0, 0.05) is 19.6 Å². The molecular weight excluding hydrogens is 216 g/mol. The Balaban J connectivity index is 1.76. The van der Waals surface area contributed by atoms with Gasteiger partial charge in [0.15, 0.2) is 0 Å². The molecule has 0 saturated heterocycles. The normalized spacial score (nSPS) is 14.9. The molecular formula is C13H26N2O2. The first-order valence-corrected chi connectivity index (χ1v) is 6.87. The van der Waals surface area contributed by atoms with E-state index in [1.165, 1.54) is 12.8 Å². The Kier molecular flexibility index (Phi) is 8.01. The van der Waals surface area contributed by atoms with Crippen molar-refractivity contribution in [2.24, 2.45) is 11.7 Å². The molecule has 0 heterocycles. The summed E-state index contributed by atoms with van der Waals surface area (Å²) in [5.41, 5.74) is 5.40. The number of amides is 1. The summed E-state index contributed by atoms with van der Waals surface area (Å²) in [7, 11) is 0. The van der Waals surface area contributed by atoms with Crippen molar-refractivity contribution in [3.8, 4) is 0 Å². The Labute approximate surface area is 104 Å². The topological polar surface area (TPSA) is 64.4 Å². The van der Waals surface area contributed by atoms with Gasteiger partial charge in [0.25, 0.3) is 0 Å². The van der Waals surface area contributed by atoms with Crippen LogP contribution in [0, 0.1) is 5.92 Å². The van der Waals surface area contributed by atoms with Crippen molar-refractivity contribution in [2.45, 2.75) is 44.9 Å². The molecule has 0 spiro atoms. The number of carbonyl (C=O) groups is 1. The van der Waals surface area contributed by atoms with Gasteiger partial charge in [-0.05, 0) is 38.1 Å². The first-order valence-electron chi connectivity index (χ1n) is 6.87. The SMILES string of the molecule is NCCCCCCC(=O)NCCOCC1CC1. The van der Waals surface area contributed by atoms with E-state index in [9.17, 15) is 4.79 Å². The van der Waals surface area contributed by atoms with E-state index in [0.717, 1.165) is 44.8 Å². The van der Waals surface area contributed by atoms with Crippen LogP contribution in [0.4, 0.5) is 0 Å². The highest BCUT2D eigenvalue weighted by molar-refractivity contribution is 5.75. The second kappa shape index (κ2) is 9.42. The van der Waals surface area contributed by atoms with Crippen LogP contribution in [0.15, 0.2) is 0 Å². The average molecular weight is 242 g/mol. The van der Waals surface area contributed by atoms with E-state index in [0.29, 0.717) is 19.6 Å². The third-order valence-electron chi connectivity index (χ3n) is 2.98.